The van der Waals surface area contributed by atoms with Crippen molar-refractivity contribution in [1.29, 1.82) is 0 Å². The lowest BCUT2D eigenvalue weighted by Crippen LogP contribution is -2.47. The number of benzene rings is 2. The molecule has 2 aromatic carbocycles. The van der Waals surface area contributed by atoms with Crippen molar-refractivity contribution in [2.45, 2.75) is 47.8 Å². The first-order valence-electron chi connectivity index (χ1n) is 10.0. The zero-order chi connectivity index (χ0) is 20.7. The highest BCUT2D eigenvalue weighted by Crippen LogP contribution is 2.31. The summed E-state index contributed by atoms with van der Waals surface area (Å²) in [6.07, 6.45) is 0. The van der Waals surface area contributed by atoms with E-state index in [1.165, 1.54) is 22.3 Å². The number of hydrogen-bond acceptors (Lipinski definition) is 4. The standard InChI is InChI=1S/C24H28N4O/c1-16-6-9-21(10-7-16)13-26-14-27(22-11-8-17(2)12-18(22)3)24-25-20(5)19(4)23(29)28(24)15-26/h6-12H,13-15H2,1-5H3. The third kappa shape index (κ3) is 3.70. The first kappa shape index (κ1) is 19.4. The lowest BCUT2D eigenvalue weighted by molar-refractivity contribution is 0.190. The molecule has 0 aliphatic carbocycles. The highest BCUT2D eigenvalue weighted by atomic mass is 16.1. The summed E-state index contributed by atoms with van der Waals surface area (Å²) < 4.78 is 1.80. The van der Waals surface area contributed by atoms with Crippen LogP contribution >= 0.6 is 0 Å². The Kier molecular flexibility index (Phi) is 5.01. The van der Waals surface area contributed by atoms with Gasteiger partial charge in [0.2, 0.25) is 5.95 Å². The smallest absolute Gasteiger partial charge is 0.259 e. The van der Waals surface area contributed by atoms with Gasteiger partial charge in [-0.1, -0.05) is 47.5 Å². The molecule has 0 saturated heterocycles. The number of fused-ring (bicyclic) bond motifs is 1. The number of hydrogen-bond donors (Lipinski definition) is 0. The summed E-state index contributed by atoms with van der Waals surface area (Å²) in [5.41, 5.74) is 7.54. The molecule has 3 aromatic rings. The summed E-state index contributed by atoms with van der Waals surface area (Å²) in [6, 6.07) is 15.0. The van der Waals surface area contributed by atoms with Crippen molar-refractivity contribution in [3.8, 4) is 0 Å². The Hall–Kier alpha value is -2.92. The molecule has 150 valence electrons. The minimum Gasteiger partial charge on any atom is -0.298 e. The summed E-state index contributed by atoms with van der Waals surface area (Å²) in [6.45, 7) is 12.1. The van der Waals surface area contributed by atoms with Gasteiger partial charge in [-0.25, -0.2) is 4.98 Å². The van der Waals surface area contributed by atoms with E-state index < -0.39 is 0 Å². The Morgan fingerprint density at radius 1 is 0.897 bits per heavy atom. The SMILES string of the molecule is Cc1ccc(CN2CN(c3ccc(C)cc3C)c3nc(C)c(C)c(=O)n3C2)cc1. The fourth-order valence-electron chi connectivity index (χ4n) is 3.93. The van der Waals surface area contributed by atoms with Gasteiger partial charge in [0.1, 0.15) is 0 Å². The first-order valence-corrected chi connectivity index (χ1v) is 10.0. The lowest BCUT2D eigenvalue weighted by Gasteiger charge is -2.39. The predicted octanol–water partition coefficient (Wildman–Crippen LogP) is 4.35. The summed E-state index contributed by atoms with van der Waals surface area (Å²) in [4.78, 5) is 22.3. The number of rotatable bonds is 3. The molecule has 0 fully saturated rings. The van der Waals surface area contributed by atoms with Crippen LogP contribution in [0.3, 0.4) is 0 Å². The van der Waals surface area contributed by atoms with Crippen LogP contribution in [0.2, 0.25) is 0 Å². The molecule has 0 atom stereocenters. The Bertz CT molecular complexity index is 1110. The number of nitrogens with zero attached hydrogens (tertiary/aromatic N) is 4. The Morgan fingerprint density at radius 3 is 2.28 bits per heavy atom. The third-order valence-electron chi connectivity index (χ3n) is 5.71. The fourth-order valence-corrected chi connectivity index (χ4v) is 3.93. The van der Waals surface area contributed by atoms with Crippen molar-refractivity contribution in [3.05, 3.63) is 86.3 Å². The Morgan fingerprint density at radius 2 is 1.59 bits per heavy atom. The molecular weight excluding hydrogens is 360 g/mol. The maximum Gasteiger partial charge on any atom is 0.259 e. The van der Waals surface area contributed by atoms with E-state index in [1.54, 1.807) is 4.57 Å². The Labute approximate surface area is 172 Å². The lowest BCUT2D eigenvalue weighted by atomic mass is 10.1. The highest BCUT2D eigenvalue weighted by molar-refractivity contribution is 5.63. The molecule has 0 unspecified atom stereocenters. The van der Waals surface area contributed by atoms with Gasteiger partial charge in [-0.2, -0.15) is 0 Å². The van der Waals surface area contributed by atoms with Crippen molar-refractivity contribution in [3.63, 3.8) is 0 Å². The summed E-state index contributed by atoms with van der Waals surface area (Å²) in [5.74, 6) is 0.727. The number of anilines is 2. The van der Waals surface area contributed by atoms with Crippen LogP contribution in [0.5, 0.6) is 0 Å². The van der Waals surface area contributed by atoms with Crippen molar-refractivity contribution in [2.24, 2.45) is 0 Å². The zero-order valence-electron chi connectivity index (χ0n) is 17.9. The van der Waals surface area contributed by atoms with E-state index >= 15 is 0 Å². The van der Waals surface area contributed by atoms with Gasteiger partial charge in [0, 0.05) is 23.5 Å². The second-order valence-corrected chi connectivity index (χ2v) is 8.17. The molecule has 0 amide bonds. The average molecular weight is 389 g/mol. The van der Waals surface area contributed by atoms with Crippen LogP contribution in [0.1, 0.15) is 33.5 Å². The molecule has 0 N–H and O–H groups in total. The monoisotopic (exact) mass is 388 g/mol. The molecule has 5 heteroatoms. The van der Waals surface area contributed by atoms with Crippen LogP contribution in [-0.4, -0.2) is 21.1 Å². The number of aryl methyl sites for hydroxylation is 4. The molecule has 0 saturated carbocycles. The zero-order valence-corrected chi connectivity index (χ0v) is 17.9. The maximum atomic E-state index is 13.1. The molecule has 1 aromatic heterocycles. The van der Waals surface area contributed by atoms with E-state index in [2.05, 4.69) is 73.0 Å². The Balaban J connectivity index is 1.79. The first-order chi connectivity index (χ1) is 13.8. The fraction of sp³-hybridized carbons (Fsp3) is 0.333. The maximum absolute atomic E-state index is 13.1. The summed E-state index contributed by atoms with van der Waals surface area (Å²) in [7, 11) is 0. The molecule has 1 aliphatic rings. The van der Waals surface area contributed by atoms with E-state index in [9.17, 15) is 4.79 Å². The van der Waals surface area contributed by atoms with Crippen LogP contribution in [-0.2, 0) is 13.2 Å². The van der Waals surface area contributed by atoms with Gasteiger partial charge in [-0.3, -0.25) is 19.2 Å². The molecule has 0 spiro atoms. The van der Waals surface area contributed by atoms with E-state index in [0.29, 0.717) is 18.9 Å². The number of aromatic nitrogens is 2. The largest absolute Gasteiger partial charge is 0.298 e. The normalized spacial score (nSPS) is 14.2. The quantitative estimate of drug-likeness (QED) is 0.669. The van der Waals surface area contributed by atoms with Crippen molar-refractivity contribution in [2.75, 3.05) is 11.6 Å². The van der Waals surface area contributed by atoms with E-state index in [-0.39, 0.29) is 5.56 Å². The summed E-state index contributed by atoms with van der Waals surface area (Å²) >= 11 is 0. The molecule has 2 heterocycles. The molecule has 0 bridgehead atoms. The van der Waals surface area contributed by atoms with Crippen LogP contribution in [0, 0.1) is 34.6 Å². The van der Waals surface area contributed by atoms with E-state index in [0.717, 1.165) is 23.9 Å². The van der Waals surface area contributed by atoms with E-state index in [1.807, 2.05) is 13.8 Å². The second kappa shape index (κ2) is 7.48. The van der Waals surface area contributed by atoms with Gasteiger partial charge in [0.25, 0.3) is 5.56 Å². The van der Waals surface area contributed by atoms with Gasteiger partial charge >= 0.3 is 0 Å². The third-order valence-corrected chi connectivity index (χ3v) is 5.71. The molecule has 5 nitrogen and oxygen atoms in total. The molecule has 29 heavy (non-hydrogen) atoms. The topological polar surface area (TPSA) is 41.4 Å². The van der Waals surface area contributed by atoms with Gasteiger partial charge in [0.05, 0.1) is 13.3 Å². The molecule has 1 aliphatic heterocycles. The minimum atomic E-state index is 0.0378. The highest BCUT2D eigenvalue weighted by Gasteiger charge is 2.28. The van der Waals surface area contributed by atoms with Crippen LogP contribution < -0.4 is 10.5 Å². The molecular formula is C24H28N4O. The van der Waals surface area contributed by atoms with Crippen molar-refractivity contribution >= 4 is 11.6 Å². The molecule has 0 radical (unpaired) electrons. The van der Waals surface area contributed by atoms with Crippen LogP contribution in [0.25, 0.3) is 0 Å². The van der Waals surface area contributed by atoms with Gasteiger partial charge < -0.3 is 0 Å². The predicted molar refractivity (Wildman–Crippen MR) is 118 cm³/mol. The van der Waals surface area contributed by atoms with E-state index in [4.69, 9.17) is 4.98 Å². The van der Waals surface area contributed by atoms with Gasteiger partial charge in [-0.05, 0) is 51.8 Å². The van der Waals surface area contributed by atoms with Gasteiger partial charge in [0.15, 0.2) is 0 Å². The minimum absolute atomic E-state index is 0.0378. The summed E-state index contributed by atoms with van der Waals surface area (Å²) in [5, 5.41) is 0. The van der Waals surface area contributed by atoms with Crippen molar-refractivity contribution in [1.82, 2.24) is 14.5 Å². The average Bonchev–Trinajstić information content (AvgIpc) is 2.68. The van der Waals surface area contributed by atoms with Crippen molar-refractivity contribution < 1.29 is 0 Å². The second-order valence-electron chi connectivity index (χ2n) is 8.17. The van der Waals surface area contributed by atoms with Crippen LogP contribution in [0.15, 0.2) is 47.3 Å². The van der Waals surface area contributed by atoms with Crippen LogP contribution in [0.4, 0.5) is 11.6 Å². The molecule has 4 rings (SSSR count). The van der Waals surface area contributed by atoms with Gasteiger partial charge in [-0.15, -0.1) is 0 Å².